The van der Waals surface area contributed by atoms with Crippen molar-refractivity contribution in [3.8, 4) is 0 Å². The predicted octanol–water partition coefficient (Wildman–Crippen LogP) is 4.45. The van der Waals surface area contributed by atoms with Gasteiger partial charge in [0.15, 0.2) is 5.13 Å². The fraction of sp³-hybridized carbons (Fsp3) is 0.222. The third-order valence-electron chi connectivity index (χ3n) is 4.40. The summed E-state index contributed by atoms with van der Waals surface area (Å²) in [7, 11) is 1.86. The molecule has 2 amide bonds. The summed E-state index contributed by atoms with van der Waals surface area (Å²) in [4.78, 5) is 18.8. The number of carbonyl (C=O) groups excluding carboxylic acids is 1. The van der Waals surface area contributed by atoms with Gasteiger partial charge in [0.1, 0.15) is 0 Å². The number of aromatic nitrogens is 1. The van der Waals surface area contributed by atoms with Crippen LogP contribution in [0.3, 0.4) is 0 Å². The van der Waals surface area contributed by atoms with Crippen LogP contribution in [0.25, 0.3) is 10.2 Å². The van der Waals surface area contributed by atoms with E-state index in [1.807, 2.05) is 37.4 Å². The molecule has 0 radical (unpaired) electrons. The zero-order valence-corrected chi connectivity index (χ0v) is 13.6. The quantitative estimate of drug-likeness (QED) is 0.757. The molecule has 5 heteroatoms. The van der Waals surface area contributed by atoms with Gasteiger partial charge in [-0.25, -0.2) is 9.78 Å². The zero-order valence-electron chi connectivity index (χ0n) is 12.8. The van der Waals surface area contributed by atoms with Crippen molar-refractivity contribution >= 4 is 32.7 Å². The van der Waals surface area contributed by atoms with Gasteiger partial charge in [-0.05, 0) is 36.1 Å². The molecule has 0 bridgehead atoms. The van der Waals surface area contributed by atoms with Gasteiger partial charge in [-0.2, -0.15) is 0 Å². The van der Waals surface area contributed by atoms with Crippen LogP contribution in [0.15, 0.2) is 48.5 Å². The van der Waals surface area contributed by atoms with E-state index in [0.29, 0.717) is 5.13 Å². The second kappa shape index (κ2) is 5.66. The lowest BCUT2D eigenvalue weighted by Gasteiger charge is -2.25. The Morgan fingerprint density at radius 1 is 1.22 bits per heavy atom. The van der Waals surface area contributed by atoms with Crippen LogP contribution >= 0.6 is 11.3 Å². The molecule has 1 aliphatic rings. The minimum Gasteiger partial charge on any atom is -0.320 e. The van der Waals surface area contributed by atoms with Gasteiger partial charge in [0.2, 0.25) is 0 Å². The lowest BCUT2D eigenvalue weighted by atomic mass is 10.1. The highest BCUT2D eigenvalue weighted by Crippen LogP contribution is 2.35. The van der Waals surface area contributed by atoms with Crippen LogP contribution in [0.5, 0.6) is 0 Å². The molecule has 3 aromatic rings. The number of nitrogens with one attached hydrogen (secondary N) is 1. The normalized spacial score (nSPS) is 16.3. The van der Waals surface area contributed by atoms with Gasteiger partial charge in [-0.1, -0.05) is 47.7 Å². The van der Waals surface area contributed by atoms with Gasteiger partial charge in [0.25, 0.3) is 0 Å². The molecule has 4 rings (SSSR count). The predicted molar refractivity (Wildman–Crippen MR) is 93.9 cm³/mol. The molecule has 1 heterocycles. The van der Waals surface area contributed by atoms with Crippen LogP contribution in [0.1, 0.15) is 23.6 Å². The van der Waals surface area contributed by atoms with Crippen LogP contribution in [-0.2, 0) is 6.42 Å². The van der Waals surface area contributed by atoms with Crippen LogP contribution in [0, 0.1) is 0 Å². The molecule has 0 saturated heterocycles. The van der Waals surface area contributed by atoms with E-state index in [9.17, 15) is 4.79 Å². The van der Waals surface area contributed by atoms with Crippen molar-refractivity contribution in [2.75, 3.05) is 12.4 Å². The fourth-order valence-electron chi connectivity index (χ4n) is 3.18. The summed E-state index contributed by atoms with van der Waals surface area (Å²) in [5, 5.41) is 3.58. The maximum Gasteiger partial charge on any atom is 0.323 e. The zero-order chi connectivity index (χ0) is 15.8. The van der Waals surface area contributed by atoms with Crippen molar-refractivity contribution in [3.05, 3.63) is 59.7 Å². The third-order valence-corrected chi connectivity index (χ3v) is 5.35. The first kappa shape index (κ1) is 14.2. The summed E-state index contributed by atoms with van der Waals surface area (Å²) in [6.07, 6.45) is 2.00. The van der Waals surface area contributed by atoms with Gasteiger partial charge >= 0.3 is 6.03 Å². The van der Waals surface area contributed by atoms with E-state index < -0.39 is 0 Å². The van der Waals surface area contributed by atoms with Crippen LogP contribution < -0.4 is 5.32 Å². The molecule has 116 valence electrons. The molecular weight excluding hydrogens is 306 g/mol. The number of rotatable bonds is 2. The summed E-state index contributed by atoms with van der Waals surface area (Å²) in [6.45, 7) is 0. The number of hydrogen-bond acceptors (Lipinski definition) is 3. The van der Waals surface area contributed by atoms with Crippen LogP contribution in [-0.4, -0.2) is 23.0 Å². The van der Waals surface area contributed by atoms with Crippen molar-refractivity contribution in [1.29, 1.82) is 0 Å². The number of fused-ring (bicyclic) bond motifs is 2. The number of anilines is 1. The Bertz CT molecular complexity index is 840. The van der Waals surface area contributed by atoms with Gasteiger partial charge < -0.3 is 4.90 Å². The highest BCUT2D eigenvalue weighted by molar-refractivity contribution is 7.22. The number of para-hydroxylation sites is 1. The van der Waals surface area contributed by atoms with Crippen molar-refractivity contribution < 1.29 is 4.79 Å². The molecule has 0 fully saturated rings. The molecule has 1 N–H and O–H groups in total. The molecule has 0 spiro atoms. The molecule has 2 aromatic carbocycles. The number of benzene rings is 2. The van der Waals surface area contributed by atoms with Gasteiger partial charge in [0, 0.05) is 7.05 Å². The molecular formula is C18H17N3OS. The fourth-order valence-corrected chi connectivity index (χ4v) is 4.04. The number of hydrogen-bond donors (Lipinski definition) is 1. The first-order chi connectivity index (χ1) is 11.2. The average Bonchev–Trinajstić information content (AvgIpc) is 3.17. The number of aryl methyl sites for hydroxylation is 1. The summed E-state index contributed by atoms with van der Waals surface area (Å²) in [5.41, 5.74) is 3.52. The molecule has 4 nitrogen and oxygen atoms in total. The minimum absolute atomic E-state index is 0.106. The molecule has 23 heavy (non-hydrogen) atoms. The van der Waals surface area contributed by atoms with E-state index in [-0.39, 0.29) is 12.1 Å². The van der Waals surface area contributed by atoms with Crippen molar-refractivity contribution in [3.63, 3.8) is 0 Å². The van der Waals surface area contributed by atoms with Gasteiger partial charge in [-0.3, -0.25) is 5.32 Å². The molecule has 1 aliphatic carbocycles. The number of carbonyl (C=O) groups is 1. The van der Waals surface area contributed by atoms with E-state index in [0.717, 1.165) is 23.1 Å². The van der Waals surface area contributed by atoms with Crippen molar-refractivity contribution in [2.24, 2.45) is 0 Å². The van der Waals surface area contributed by atoms with E-state index in [1.165, 1.54) is 22.5 Å². The smallest absolute Gasteiger partial charge is 0.320 e. The Labute approximate surface area is 138 Å². The number of amides is 2. The molecule has 1 atom stereocenters. The maximum absolute atomic E-state index is 12.6. The highest BCUT2D eigenvalue weighted by atomic mass is 32.1. The largest absolute Gasteiger partial charge is 0.323 e. The first-order valence-electron chi connectivity index (χ1n) is 7.69. The highest BCUT2D eigenvalue weighted by Gasteiger charge is 2.28. The van der Waals surface area contributed by atoms with E-state index in [4.69, 9.17) is 0 Å². The van der Waals surface area contributed by atoms with Crippen molar-refractivity contribution in [2.45, 2.75) is 18.9 Å². The topological polar surface area (TPSA) is 45.2 Å². The average molecular weight is 323 g/mol. The Morgan fingerprint density at radius 3 is 2.87 bits per heavy atom. The SMILES string of the molecule is CN(C(=O)Nc1nc2ccccc2s1)C1CCc2ccccc21. The summed E-state index contributed by atoms with van der Waals surface area (Å²) in [5.74, 6) is 0. The summed E-state index contributed by atoms with van der Waals surface area (Å²) >= 11 is 1.50. The Kier molecular flexibility index (Phi) is 3.50. The van der Waals surface area contributed by atoms with Crippen LogP contribution in [0.2, 0.25) is 0 Å². The Morgan fingerprint density at radius 2 is 2.00 bits per heavy atom. The lowest BCUT2D eigenvalue weighted by Crippen LogP contribution is -2.33. The number of urea groups is 1. The van der Waals surface area contributed by atoms with Gasteiger partial charge in [-0.15, -0.1) is 0 Å². The maximum atomic E-state index is 12.6. The van der Waals surface area contributed by atoms with Gasteiger partial charge in [0.05, 0.1) is 16.3 Å². The number of nitrogens with zero attached hydrogens (tertiary/aromatic N) is 2. The lowest BCUT2D eigenvalue weighted by molar-refractivity contribution is 0.204. The summed E-state index contributed by atoms with van der Waals surface area (Å²) in [6, 6.07) is 16.3. The standard InChI is InChI=1S/C18H17N3OS/c1-21(15-11-10-12-6-2-3-7-13(12)15)18(22)20-17-19-14-8-4-5-9-16(14)23-17/h2-9,15H,10-11H2,1H3,(H,19,20,22). The molecule has 0 saturated carbocycles. The molecule has 1 unspecified atom stereocenters. The Balaban J connectivity index is 1.53. The third kappa shape index (κ3) is 2.57. The van der Waals surface area contributed by atoms with E-state index in [1.54, 1.807) is 4.90 Å². The molecule has 1 aromatic heterocycles. The second-order valence-electron chi connectivity index (χ2n) is 5.78. The molecule has 0 aliphatic heterocycles. The first-order valence-corrected chi connectivity index (χ1v) is 8.51. The second-order valence-corrected chi connectivity index (χ2v) is 6.81. The van der Waals surface area contributed by atoms with Crippen LogP contribution in [0.4, 0.5) is 9.93 Å². The minimum atomic E-state index is -0.106. The Hall–Kier alpha value is -2.40. The monoisotopic (exact) mass is 323 g/mol. The number of thiazole rings is 1. The summed E-state index contributed by atoms with van der Waals surface area (Å²) < 4.78 is 1.08. The van der Waals surface area contributed by atoms with Crippen molar-refractivity contribution in [1.82, 2.24) is 9.88 Å². The van der Waals surface area contributed by atoms with E-state index in [2.05, 4.69) is 28.5 Å². The van der Waals surface area contributed by atoms with E-state index >= 15 is 0 Å².